The van der Waals surface area contributed by atoms with E-state index in [0.717, 1.165) is 29.8 Å². The lowest BCUT2D eigenvalue weighted by atomic mass is 9.77. The Morgan fingerprint density at radius 3 is 2.79 bits per heavy atom. The topological polar surface area (TPSA) is 35.0 Å². The molecule has 4 rings (SSSR count). The highest BCUT2D eigenvalue weighted by Gasteiger charge is 2.42. The standard InChI is InChI=1S/C16H16N2O/c1-4-8-16(9-5-1)13-10-17-11-18-15(13)12-6-2-3-7-14(12)19-16/h2-3,6-7,10-11H,1,4-5,8-9H2. The van der Waals surface area contributed by atoms with Crippen LogP contribution in [0, 0.1) is 0 Å². The van der Waals surface area contributed by atoms with Crippen molar-refractivity contribution in [1.29, 1.82) is 0 Å². The molecule has 1 aliphatic carbocycles. The minimum Gasteiger partial charge on any atom is -0.482 e. The van der Waals surface area contributed by atoms with Crippen LogP contribution in [0.15, 0.2) is 36.8 Å². The van der Waals surface area contributed by atoms with Crippen LogP contribution in [0.1, 0.15) is 37.7 Å². The third-order valence-electron chi connectivity index (χ3n) is 4.31. The van der Waals surface area contributed by atoms with Gasteiger partial charge in [0.15, 0.2) is 0 Å². The molecule has 0 unspecified atom stereocenters. The van der Waals surface area contributed by atoms with Crippen molar-refractivity contribution in [3.05, 3.63) is 42.4 Å². The maximum Gasteiger partial charge on any atom is 0.138 e. The van der Waals surface area contributed by atoms with Crippen LogP contribution >= 0.6 is 0 Å². The van der Waals surface area contributed by atoms with E-state index in [2.05, 4.69) is 22.1 Å². The summed E-state index contributed by atoms with van der Waals surface area (Å²) < 4.78 is 6.41. The molecule has 1 aromatic carbocycles. The molecular weight excluding hydrogens is 236 g/mol. The average Bonchev–Trinajstić information content (AvgIpc) is 2.49. The van der Waals surface area contributed by atoms with Crippen LogP contribution in [0.4, 0.5) is 0 Å². The summed E-state index contributed by atoms with van der Waals surface area (Å²) in [6, 6.07) is 8.20. The van der Waals surface area contributed by atoms with E-state index in [-0.39, 0.29) is 5.60 Å². The van der Waals surface area contributed by atoms with Gasteiger partial charge >= 0.3 is 0 Å². The molecule has 1 fully saturated rings. The van der Waals surface area contributed by atoms with Gasteiger partial charge in [-0.15, -0.1) is 0 Å². The summed E-state index contributed by atoms with van der Waals surface area (Å²) in [5.41, 5.74) is 3.13. The van der Waals surface area contributed by atoms with E-state index in [1.807, 2.05) is 18.3 Å². The maximum absolute atomic E-state index is 6.41. The predicted octanol–water partition coefficient (Wildman–Crippen LogP) is 3.70. The summed E-state index contributed by atoms with van der Waals surface area (Å²) in [5.74, 6) is 0.968. The highest BCUT2D eigenvalue weighted by atomic mass is 16.5. The second kappa shape index (κ2) is 4.05. The molecule has 3 nitrogen and oxygen atoms in total. The Morgan fingerprint density at radius 2 is 1.89 bits per heavy atom. The molecule has 1 spiro atoms. The van der Waals surface area contributed by atoms with E-state index in [1.165, 1.54) is 24.8 Å². The number of rotatable bonds is 0. The molecule has 1 saturated carbocycles. The van der Waals surface area contributed by atoms with Crippen molar-refractivity contribution in [1.82, 2.24) is 9.97 Å². The molecule has 96 valence electrons. The Labute approximate surface area is 112 Å². The van der Waals surface area contributed by atoms with Gasteiger partial charge in [-0.3, -0.25) is 0 Å². The van der Waals surface area contributed by atoms with Gasteiger partial charge in [0, 0.05) is 17.3 Å². The lowest BCUT2D eigenvalue weighted by molar-refractivity contribution is 0.0232. The van der Waals surface area contributed by atoms with Gasteiger partial charge in [-0.2, -0.15) is 0 Å². The lowest BCUT2D eigenvalue weighted by Gasteiger charge is -2.41. The van der Waals surface area contributed by atoms with Crippen molar-refractivity contribution in [2.75, 3.05) is 0 Å². The van der Waals surface area contributed by atoms with Crippen LogP contribution in [-0.2, 0) is 5.60 Å². The number of nitrogens with zero attached hydrogens (tertiary/aromatic N) is 2. The molecule has 0 bridgehead atoms. The van der Waals surface area contributed by atoms with E-state index < -0.39 is 0 Å². The summed E-state index contributed by atoms with van der Waals surface area (Å²) in [7, 11) is 0. The molecule has 3 heteroatoms. The fraction of sp³-hybridized carbons (Fsp3) is 0.375. The number of hydrogen-bond acceptors (Lipinski definition) is 3. The van der Waals surface area contributed by atoms with E-state index in [4.69, 9.17) is 4.74 Å². The molecular formula is C16H16N2O. The molecule has 2 aromatic rings. The smallest absolute Gasteiger partial charge is 0.138 e. The first-order valence-corrected chi connectivity index (χ1v) is 6.98. The normalized spacial score (nSPS) is 19.4. The summed E-state index contributed by atoms with van der Waals surface area (Å²) in [6.45, 7) is 0. The number of benzene rings is 1. The Hall–Kier alpha value is -1.90. The zero-order valence-corrected chi connectivity index (χ0v) is 10.8. The minimum atomic E-state index is -0.191. The van der Waals surface area contributed by atoms with Crippen LogP contribution in [0.2, 0.25) is 0 Å². The van der Waals surface area contributed by atoms with Crippen molar-refractivity contribution in [3.8, 4) is 17.0 Å². The van der Waals surface area contributed by atoms with Crippen molar-refractivity contribution >= 4 is 0 Å². The maximum atomic E-state index is 6.41. The van der Waals surface area contributed by atoms with Crippen LogP contribution < -0.4 is 4.74 Å². The molecule has 0 atom stereocenters. The Balaban J connectivity index is 1.95. The van der Waals surface area contributed by atoms with Crippen LogP contribution in [0.3, 0.4) is 0 Å². The first-order valence-electron chi connectivity index (χ1n) is 6.98. The van der Waals surface area contributed by atoms with Crippen molar-refractivity contribution < 1.29 is 4.74 Å². The molecule has 0 radical (unpaired) electrons. The van der Waals surface area contributed by atoms with Crippen molar-refractivity contribution in [3.63, 3.8) is 0 Å². The van der Waals surface area contributed by atoms with Gasteiger partial charge in [-0.05, 0) is 37.8 Å². The number of fused-ring (bicyclic) bond motifs is 4. The summed E-state index contributed by atoms with van der Waals surface area (Å²) >= 11 is 0. The first-order chi connectivity index (χ1) is 9.39. The predicted molar refractivity (Wildman–Crippen MR) is 72.9 cm³/mol. The van der Waals surface area contributed by atoms with Crippen molar-refractivity contribution in [2.24, 2.45) is 0 Å². The SMILES string of the molecule is c1ccc2c(c1)OC1(CCCCC1)c1cncnc1-2. The summed E-state index contributed by atoms with van der Waals surface area (Å²) in [5, 5.41) is 0. The van der Waals surface area contributed by atoms with E-state index in [1.54, 1.807) is 6.33 Å². The quantitative estimate of drug-likeness (QED) is 0.717. The molecule has 1 aliphatic heterocycles. The van der Waals surface area contributed by atoms with E-state index in [0.29, 0.717) is 0 Å². The van der Waals surface area contributed by atoms with E-state index >= 15 is 0 Å². The highest BCUT2D eigenvalue weighted by molar-refractivity contribution is 5.72. The largest absolute Gasteiger partial charge is 0.482 e. The fourth-order valence-corrected chi connectivity index (χ4v) is 3.39. The van der Waals surface area contributed by atoms with Gasteiger partial charge < -0.3 is 4.74 Å². The molecule has 0 N–H and O–H groups in total. The van der Waals surface area contributed by atoms with Crippen LogP contribution in [-0.4, -0.2) is 9.97 Å². The van der Waals surface area contributed by atoms with Crippen LogP contribution in [0.5, 0.6) is 5.75 Å². The number of para-hydroxylation sites is 1. The number of ether oxygens (including phenoxy) is 1. The first kappa shape index (κ1) is 11.0. The van der Waals surface area contributed by atoms with Gasteiger partial charge in [0.1, 0.15) is 17.7 Å². The zero-order chi connectivity index (χ0) is 12.7. The van der Waals surface area contributed by atoms with Gasteiger partial charge in [0.05, 0.1) is 5.69 Å². The van der Waals surface area contributed by atoms with Crippen LogP contribution in [0.25, 0.3) is 11.3 Å². The summed E-state index contributed by atoms with van der Waals surface area (Å²) in [6.07, 6.45) is 9.47. The van der Waals surface area contributed by atoms with Gasteiger partial charge in [0.25, 0.3) is 0 Å². The lowest BCUT2D eigenvalue weighted by Crippen LogP contribution is -2.38. The fourth-order valence-electron chi connectivity index (χ4n) is 3.39. The third kappa shape index (κ3) is 1.57. The van der Waals surface area contributed by atoms with Crippen molar-refractivity contribution in [2.45, 2.75) is 37.7 Å². The molecule has 2 heterocycles. The van der Waals surface area contributed by atoms with E-state index in [9.17, 15) is 0 Å². The Morgan fingerprint density at radius 1 is 1.05 bits per heavy atom. The monoisotopic (exact) mass is 252 g/mol. The van der Waals surface area contributed by atoms with Gasteiger partial charge in [-0.25, -0.2) is 9.97 Å². The molecule has 0 saturated heterocycles. The second-order valence-electron chi connectivity index (χ2n) is 5.44. The minimum absolute atomic E-state index is 0.191. The number of aromatic nitrogens is 2. The molecule has 0 amide bonds. The average molecular weight is 252 g/mol. The molecule has 1 aromatic heterocycles. The highest BCUT2D eigenvalue weighted by Crippen LogP contribution is 2.49. The second-order valence-corrected chi connectivity index (χ2v) is 5.44. The van der Waals surface area contributed by atoms with Gasteiger partial charge in [0.2, 0.25) is 0 Å². The zero-order valence-electron chi connectivity index (χ0n) is 10.8. The molecule has 19 heavy (non-hydrogen) atoms. The van der Waals surface area contributed by atoms with Gasteiger partial charge in [-0.1, -0.05) is 18.6 Å². The third-order valence-corrected chi connectivity index (χ3v) is 4.31. The Kier molecular flexibility index (Phi) is 2.34. The molecule has 2 aliphatic rings. The Bertz CT molecular complexity index is 618. The number of hydrogen-bond donors (Lipinski definition) is 0. The summed E-state index contributed by atoms with van der Waals surface area (Å²) in [4.78, 5) is 8.75.